The quantitative estimate of drug-likeness (QED) is 0.822. The lowest BCUT2D eigenvalue weighted by atomic mass is 10.2. The fourth-order valence-electron chi connectivity index (χ4n) is 1.39. The van der Waals surface area contributed by atoms with Crippen LogP contribution in [0.3, 0.4) is 0 Å². The molecule has 0 aromatic carbocycles. The first-order chi connectivity index (χ1) is 8.11. The highest BCUT2D eigenvalue weighted by Gasteiger charge is 2.19. The van der Waals surface area contributed by atoms with Crippen molar-refractivity contribution in [3.8, 4) is 0 Å². The lowest BCUT2D eigenvalue weighted by Gasteiger charge is -2.09. The smallest absolute Gasteiger partial charge is 0.265 e. The van der Waals surface area contributed by atoms with E-state index in [1.165, 1.54) is 0 Å². The molecule has 0 aliphatic rings. The molecule has 0 amide bonds. The minimum atomic E-state index is -0.435. The van der Waals surface area contributed by atoms with Crippen molar-refractivity contribution in [2.45, 2.75) is 13.0 Å². The molecule has 92 valence electrons. The Balaban J connectivity index is 2.20. The van der Waals surface area contributed by atoms with Crippen LogP contribution in [0.2, 0.25) is 0 Å². The molecule has 7 heteroatoms. The summed E-state index contributed by atoms with van der Waals surface area (Å²) in [5.74, 6) is 0.940. The minimum absolute atomic E-state index is 0.397. The summed E-state index contributed by atoms with van der Waals surface area (Å²) in [5, 5.41) is 7.93. The third-order valence-corrected chi connectivity index (χ3v) is 2.60. The summed E-state index contributed by atoms with van der Waals surface area (Å²) in [6.07, 6.45) is 3.52. The summed E-state index contributed by atoms with van der Waals surface area (Å²) in [5.41, 5.74) is 6.87. The molecule has 0 fully saturated rings. The third kappa shape index (κ3) is 2.28. The van der Waals surface area contributed by atoms with E-state index in [-0.39, 0.29) is 0 Å². The molecule has 0 saturated heterocycles. The predicted octanol–water partition coefficient (Wildman–Crippen LogP) is 0.307. The predicted molar refractivity (Wildman–Crippen MR) is 62.5 cm³/mol. The zero-order valence-electron chi connectivity index (χ0n) is 10.2. The van der Waals surface area contributed by atoms with Gasteiger partial charge < -0.3 is 15.2 Å². The highest BCUT2D eigenvalue weighted by molar-refractivity contribution is 5.27. The number of aromatic nitrogens is 4. The lowest BCUT2D eigenvalue weighted by Crippen LogP contribution is -2.17. The summed E-state index contributed by atoms with van der Waals surface area (Å²) >= 11 is 0. The Bertz CT molecular complexity index is 490. The van der Waals surface area contributed by atoms with E-state index in [1.54, 1.807) is 10.9 Å². The molecule has 7 nitrogen and oxygen atoms in total. The van der Waals surface area contributed by atoms with Crippen LogP contribution in [0.5, 0.6) is 0 Å². The summed E-state index contributed by atoms with van der Waals surface area (Å²) < 4.78 is 6.83. The molecule has 0 saturated carbocycles. The first-order valence-corrected chi connectivity index (χ1v) is 5.40. The van der Waals surface area contributed by atoms with E-state index in [0.29, 0.717) is 11.8 Å². The van der Waals surface area contributed by atoms with Crippen molar-refractivity contribution in [3.63, 3.8) is 0 Å². The highest BCUT2D eigenvalue weighted by atomic mass is 16.5. The molecule has 0 spiro atoms. The maximum absolute atomic E-state index is 6.02. The molecule has 0 bridgehead atoms. The van der Waals surface area contributed by atoms with Crippen LogP contribution >= 0.6 is 0 Å². The van der Waals surface area contributed by atoms with Gasteiger partial charge in [0.2, 0.25) is 5.89 Å². The van der Waals surface area contributed by atoms with Crippen molar-refractivity contribution in [2.75, 3.05) is 18.5 Å². The van der Waals surface area contributed by atoms with Gasteiger partial charge in [-0.2, -0.15) is 10.1 Å². The van der Waals surface area contributed by atoms with Gasteiger partial charge in [0.1, 0.15) is 6.04 Å². The number of nitrogens with two attached hydrogens (primary N) is 1. The van der Waals surface area contributed by atoms with Gasteiger partial charge in [-0.25, -0.2) is 0 Å². The molecule has 2 heterocycles. The van der Waals surface area contributed by atoms with Gasteiger partial charge >= 0.3 is 0 Å². The number of hydrogen-bond donors (Lipinski definition) is 1. The maximum atomic E-state index is 6.02. The van der Waals surface area contributed by atoms with E-state index in [0.717, 1.165) is 12.1 Å². The van der Waals surface area contributed by atoms with Gasteiger partial charge in [-0.15, -0.1) is 0 Å². The van der Waals surface area contributed by atoms with Crippen molar-refractivity contribution in [3.05, 3.63) is 23.8 Å². The van der Waals surface area contributed by atoms with Gasteiger partial charge in [-0.3, -0.25) is 4.68 Å². The molecule has 2 aromatic heterocycles. The van der Waals surface area contributed by atoms with Gasteiger partial charge in [0.25, 0.3) is 5.95 Å². The molecular formula is C10H16N6O. The van der Waals surface area contributed by atoms with Crippen LogP contribution in [0.4, 0.5) is 5.95 Å². The normalized spacial score (nSPS) is 12.7. The van der Waals surface area contributed by atoms with E-state index < -0.39 is 6.04 Å². The second-order valence-corrected chi connectivity index (χ2v) is 3.87. The van der Waals surface area contributed by atoms with Crippen molar-refractivity contribution in [1.29, 1.82) is 0 Å². The van der Waals surface area contributed by atoms with E-state index >= 15 is 0 Å². The molecule has 1 unspecified atom stereocenters. The van der Waals surface area contributed by atoms with Gasteiger partial charge in [0, 0.05) is 32.4 Å². The van der Waals surface area contributed by atoms with E-state index in [1.807, 2.05) is 32.1 Å². The number of anilines is 1. The third-order valence-electron chi connectivity index (χ3n) is 2.60. The average molecular weight is 236 g/mol. The first-order valence-electron chi connectivity index (χ1n) is 5.40. The number of hydrogen-bond acceptors (Lipinski definition) is 6. The molecule has 1 atom stereocenters. The molecule has 2 rings (SSSR count). The molecular weight excluding hydrogens is 220 g/mol. The van der Waals surface area contributed by atoms with Gasteiger partial charge in [0.15, 0.2) is 0 Å². The number of nitrogens with zero attached hydrogens (tertiary/aromatic N) is 5. The van der Waals surface area contributed by atoms with E-state index in [2.05, 4.69) is 15.2 Å². The van der Waals surface area contributed by atoms with Crippen LogP contribution in [-0.4, -0.2) is 33.5 Å². The Labute approximate surface area is 99.2 Å². The van der Waals surface area contributed by atoms with Crippen LogP contribution in [-0.2, 0) is 7.05 Å². The second kappa shape index (κ2) is 4.54. The maximum Gasteiger partial charge on any atom is 0.265 e. The zero-order chi connectivity index (χ0) is 12.4. The highest BCUT2D eigenvalue weighted by Crippen LogP contribution is 2.19. The van der Waals surface area contributed by atoms with Gasteiger partial charge in [-0.05, 0) is 12.1 Å². The van der Waals surface area contributed by atoms with Crippen LogP contribution in [0.25, 0.3) is 0 Å². The summed E-state index contributed by atoms with van der Waals surface area (Å²) in [6.45, 7) is 2.82. The Hall–Kier alpha value is -1.89. The summed E-state index contributed by atoms with van der Waals surface area (Å²) in [6, 6.07) is -0.435. The zero-order valence-corrected chi connectivity index (χ0v) is 10.2. The SMILES string of the molecule is CCN(C)c1noc(C(N)c2cnn(C)c2)n1. The van der Waals surface area contributed by atoms with Crippen LogP contribution in [0, 0.1) is 0 Å². The summed E-state index contributed by atoms with van der Waals surface area (Å²) in [7, 11) is 3.73. The Morgan fingerprint density at radius 2 is 2.35 bits per heavy atom. The fraction of sp³-hybridized carbons (Fsp3) is 0.500. The monoisotopic (exact) mass is 236 g/mol. The Morgan fingerprint density at radius 1 is 1.59 bits per heavy atom. The van der Waals surface area contributed by atoms with Gasteiger partial charge in [0.05, 0.1) is 6.20 Å². The minimum Gasteiger partial charge on any atom is -0.342 e. The fourth-order valence-corrected chi connectivity index (χ4v) is 1.39. The number of aryl methyl sites for hydroxylation is 1. The van der Waals surface area contributed by atoms with Crippen LogP contribution in [0.15, 0.2) is 16.9 Å². The van der Waals surface area contributed by atoms with Gasteiger partial charge in [-0.1, -0.05) is 0 Å². The lowest BCUT2D eigenvalue weighted by molar-refractivity contribution is 0.366. The largest absolute Gasteiger partial charge is 0.342 e. The van der Waals surface area contributed by atoms with Crippen molar-refractivity contribution >= 4 is 5.95 Å². The molecule has 2 aromatic rings. The van der Waals surface area contributed by atoms with Crippen molar-refractivity contribution < 1.29 is 4.52 Å². The van der Waals surface area contributed by atoms with Crippen LogP contribution < -0.4 is 10.6 Å². The summed E-state index contributed by atoms with van der Waals surface area (Å²) in [4.78, 5) is 6.13. The first kappa shape index (κ1) is 11.6. The standard InChI is InChI=1S/C10H16N6O/c1-4-15(2)10-13-9(17-14-10)8(11)7-5-12-16(3)6-7/h5-6,8H,4,11H2,1-3H3. The molecule has 0 aliphatic carbocycles. The van der Waals surface area contributed by atoms with E-state index in [4.69, 9.17) is 10.3 Å². The van der Waals surface area contributed by atoms with Crippen molar-refractivity contribution in [1.82, 2.24) is 19.9 Å². The Morgan fingerprint density at radius 3 is 2.94 bits per heavy atom. The molecule has 0 aliphatic heterocycles. The van der Waals surface area contributed by atoms with Crippen molar-refractivity contribution in [2.24, 2.45) is 12.8 Å². The number of rotatable bonds is 4. The molecule has 17 heavy (non-hydrogen) atoms. The van der Waals surface area contributed by atoms with Crippen LogP contribution in [0.1, 0.15) is 24.4 Å². The van der Waals surface area contributed by atoms with E-state index in [9.17, 15) is 0 Å². The Kier molecular flexibility index (Phi) is 3.10. The molecule has 2 N–H and O–H groups in total. The topological polar surface area (TPSA) is 86.0 Å². The average Bonchev–Trinajstić information content (AvgIpc) is 2.95. The molecule has 0 radical (unpaired) electrons. The second-order valence-electron chi connectivity index (χ2n) is 3.87.